The average molecular weight is 197 g/mol. The zero-order valence-electron chi connectivity index (χ0n) is 8.29. The molecule has 0 bridgehead atoms. The van der Waals surface area contributed by atoms with Crippen LogP contribution in [0.15, 0.2) is 30.3 Å². The van der Waals surface area contributed by atoms with Crippen LogP contribution in [0.5, 0.6) is 0 Å². The molecule has 0 amide bonds. The Bertz CT molecular complexity index is 525. The summed E-state index contributed by atoms with van der Waals surface area (Å²) in [6.45, 7) is 0. The minimum atomic E-state index is 0.678. The Kier molecular flexibility index (Phi) is 1.75. The molecule has 15 heavy (non-hydrogen) atoms. The molecule has 2 heteroatoms. The molecule has 1 aromatic carbocycles. The number of hydrogen-bond acceptors (Lipinski definition) is 1. The molecule has 0 radical (unpaired) electrons. The van der Waals surface area contributed by atoms with E-state index in [1.54, 1.807) is 0 Å². The summed E-state index contributed by atoms with van der Waals surface area (Å²) in [6, 6.07) is 10.3. The first-order valence-corrected chi connectivity index (χ1v) is 5.14. The van der Waals surface area contributed by atoms with Gasteiger partial charge in [0.1, 0.15) is 0 Å². The molecule has 0 saturated carbocycles. The lowest BCUT2D eigenvalue weighted by Gasteiger charge is -2.15. The number of hydrogen-bond donors (Lipinski definition) is 1. The summed E-state index contributed by atoms with van der Waals surface area (Å²) < 4.78 is 0. The summed E-state index contributed by atoms with van der Waals surface area (Å²) >= 11 is 0. The van der Waals surface area contributed by atoms with Crippen molar-refractivity contribution in [3.05, 3.63) is 47.2 Å². The van der Waals surface area contributed by atoms with E-state index in [0.29, 0.717) is 5.69 Å². The molecule has 2 aromatic rings. The number of carbonyl (C=O) groups excluding carboxylic acids is 1. The maximum absolute atomic E-state index is 10.7. The highest BCUT2D eigenvalue weighted by Crippen LogP contribution is 2.32. The minimum absolute atomic E-state index is 0.678. The molecule has 0 fully saturated rings. The van der Waals surface area contributed by atoms with Crippen molar-refractivity contribution < 1.29 is 4.79 Å². The standard InChI is InChI=1S/C13H11NO/c15-8-11-7-10-6-5-9-3-1-2-4-12(9)13(10)14-11/h1-4,7-8,14H,5-6H2. The molecule has 0 unspecified atom stereocenters. The smallest absolute Gasteiger partial charge is 0.166 e. The molecule has 1 N–H and O–H groups in total. The fourth-order valence-electron chi connectivity index (χ4n) is 2.27. The van der Waals surface area contributed by atoms with Crippen LogP contribution in [-0.2, 0) is 12.8 Å². The van der Waals surface area contributed by atoms with Crippen LogP contribution >= 0.6 is 0 Å². The summed E-state index contributed by atoms with van der Waals surface area (Å²) in [5.41, 5.74) is 5.67. The Hall–Kier alpha value is -1.83. The molecule has 0 aliphatic heterocycles. The lowest BCUT2D eigenvalue weighted by molar-refractivity contribution is 0.111. The molecule has 2 nitrogen and oxygen atoms in total. The number of H-pyrrole nitrogens is 1. The highest BCUT2D eigenvalue weighted by Gasteiger charge is 2.17. The van der Waals surface area contributed by atoms with Gasteiger partial charge < -0.3 is 4.98 Å². The number of aromatic amines is 1. The summed E-state index contributed by atoms with van der Waals surface area (Å²) in [5, 5.41) is 0. The molecule has 3 rings (SSSR count). The van der Waals surface area contributed by atoms with Crippen molar-refractivity contribution in [3.8, 4) is 11.3 Å². The normalized spacial score (nSPS) is 13.1. The van der Waals surface area contributed by atoms with Crippen molar-refractivity contribution in [1.29, 1.82) is 0 Å². The Morgan fingerprint density at radius 2 is 1.93 bits per heavy atom. The predicted octanol–water partition coefficient (Wildman–Crippen LogP) is 2.59. The van der Waals surface area contributed by atoms with E-state index in [1.807, 2.05) is 12.1 Å². The second-order valence-corrected chi connectivity index (χ2v) is 3.90. The Morgan fingerprint density at radius 3 is 2.80 bits per heavy atom. The number of carbonyl (C=O) groups is 1. The van der Waals surface area contributed by atoms with Gasteiger partial charge in [0.25, 0.3) is 0 Å². The van der Waals surface area contributed by atoms with Crippen LogP contribution in [0.1, 0.15) is 21.6 Å². The average Bonchev–Trinajstić information content (AvgIpc) is 2.72. The fourth-order valence-corrected chi connectivity index (χ4v) is 2.27. The van der Waals surface area contributed by atoms with Crippen molar-refractivity contribution in [3.63, 3.8) is 0 Å². The van der Waals surface area contributed by atoms with E-state index in [9.17, 15) is 4.79 Å². The number of aldehydes is 1. The maximum Gasteiger partial charge on any atom is 0.166 e. The number of nitrogens with one attached hydrogen (secondary N) is 1. The van der Waals surface area contributed by atoms with Crippen LogP contribution in [0.3, 0.4) is 0 Å². The van der Waals surface area contributed by atoms with Gasteiger partial charge in [-0.05, 0) is 30.0 Å². The number of fused-ring (bicyclic) bond motifs is 3. The highest BCUT2D eigenvalue weighted by atomic mass is 16.1. The molecule has 0 atom stereocenters. The first kappa shape index (κ1) is 8.48. The second kappa shape index (κ2) is 3.09. The van der Waals surface area contributed by atoms with Gasteiger partial charge in [0.15, 0.2) is 6.29 Å². The lowest BCUT2D eigenvalue weighted by Crippen LogP contribution is -2.01. The fraction of sp³-hybridized carbons (Fsp3) is 0.154. The van der Waals surface area contributed by atoms with E-state index < -0.39 is 0 Å². The first-order valence-electron chi connectivity index (χ1n) is 5.14. The molecule has 1 aromatic heterocycles. The first-order chi connectivity index (χ1) is 7.38. The maximum atomic E-state index is 10.7. The number of benzene rings is 1. The Balaban J connectivity index is 2.24. The van der Waals surface area contributed by atoms with Crippen LogP contribution in [0.4, 0.5) is 0 Å². The lowest BCUT2D eigenvalue weighted by atomic mass is 9.90. The Morgan fingerprint density at radius 1 is 1.13 bits per heavy atom. The molecule has 1 aliphatic rings. The van der Waals surface area contributed by atoms with Crippen molar-refractivity contribution in [2.45, 2.75) is 12.8 Å². The van der Waals surface area contributed by atoms with Crippen molar-refractivity contribution in [2.75, 3.05) is 0 Å². The van der Waals surface area contributed by atoms with Crippen LogP contribution < -0.4 is 0 Å². The molecule has 1 heterocycles. The second-order valence-electron chi connectivity index (χ2n) is 3.90. The van der Waals surface area contributed by atoms with E-state index in [-0.39, 0.29) is 0 Å². The monoisotopic (exact) mass is 197 g/mol. The van der Waals surface area contributed by atoms with Crippen LogP contribution in [-0.4, -0.2) is 11.3 Å². The largest absolute Gasteiger partial charge is 0.352 e. The third kappa shape index (κ3) is 1.22. The van der Waals surface area contributed by atoms with E-state index >= 15 is 0 Å². The molecular formula is C13H11NO. The summed E-state index contributed by atoms with van der Waals surface area (Å²) in [5.74, 6) is 0. The van der Waals surface area contributed by atoms with Gasteiger partial charge in [-0.3, -0.25) is 4.79 Å². The predicted molar refractivity (Wildman–Crippen MR) is 59.0 cm³/mol. The Labute approximate surface area is 87.9 Å². The minimum Gasteiger partial charge on any atom is -0.352 e. The van der Waals surface area contributed by atoms with Gasteiger partial charge in [-0.25, -0.2) is 0 Å². The van der Waals surface area contributed by atoms with Gasteiger partial charge in [0.2, 0.25) is 0 Å². The highest BCUT2D eigenvalue weighted by molar-refractivity contribution is 5.79. The molecule has 74 valence electrons. The summed E-state index contributed by atoms with van der Waals surface area (Å²) in [7, 11) is 0. The van der Waals surface area contributed by atoms with Crippen molar-refractivity contribution in [2.24, 2.45) is 0 Å². The summed E-state index contributed by atoms with van der Waals surface area (Å²) in [4.78, 5) is 13.9. The molecule has 1 aliphatic carbocycles. The van der Waals surface area contributed by atoms with Crippen LogP contribution in [0.2, 0.25) is 0 Å². The molecule has 0 saturated heterocycles. The zero-order chi connectivity index (χ0) is 10.3. The third-order valence-electron chi connectivity index (χ3n) is 3.00. The van der Waals surface area contributed by atoms with Gasteiger partial charge in [-0.2, -0.15) is 0 Å². The molecule has 0 spiro atoms. The topological polar surface area (TPSA) is 32.9 Å². The van der Waals surface area contributed by atoms with E-state index in [2.05, 4.69) is 23.2 Å². The number of aryl methyl sites for hydroxylation is 2. The van der Waals surface area contributed by atoms with Gasteiger partial charge in [-0.1, -0.05) is 24.3 Å². The van der Waals surface area contributed by atoms with E-state index in [0.717, 1.165) is 24.8 Å². The van der Waals surface area contributed by atoms with Gasteiger partial charge >= 0.3 is 0 Å². The number of rotatable bonds is 1. The van der Waals surface area contributed by atoms with Crippen molar-refractivity contribution >= 4 is 6.29 Å². The van der Waals surface area contributed by atoms with E-state index in [4.69, 9.17) is 0 Å². The summed E-state index contributed by atoms with van der Waals surface area (Å²) in [6.07, 6.45) is 2.97. The van der Waals surface area contributed by atoms with Crippen molar-refractivity contribution in [1.82, 2.24) is 4.98 Å². The number of aromatic nitrogens is 1. The van der Waals surface area contributed by atoms with E-state index in [1.165, 1.54) is 16.7 Å². The molecular weight excluding hydrogens is 186 g/mol. The van der Waals surface area contributed by atoms with Gasteiger partial charge in [-0.15, -0.1) is 0 Å². The van der Waals surface area contributed by atoms with Crippen LogP contribution in [0, 0.1) is 0 Å². The van der Waals surface area contributed by atoms with Gasteiger partial charge in [0, 0.05) is 11.3 Å². The zero-order valence-corrected chi connectivity index (χ0v) is 8.29. The third-order valence-corrected chi connectivity index (χ3v) is 3.00. The van der Waals surface area contributed by atoms with Gasteiger partial charge in [0.05, 0.1) is 5.69 Å². The quantitative estimate of drug-likeness (QED) is 0.700. The van der Waals surface area contributed by atoms with Crippen LogP contribution in [0.25, 0.3) is 11.3 Å². The SMILES string of the molecule is O=Cc1cc2c([nH]1)-c1ccccc1CC2.